The lowest BCUT2D eigenvalue weighted by Gasteiger charge is -2.35. The number of oxime groups is 1. The van der Waals surface area contributed by atoms with Gasteiger partial charge in [-0.05, 0) is 5.92 Å². The Labute approximate surface area is 98.4 Å². The molecule has 1 unspecified atom stereocenters. The van der Waals surface area contributed by atoms with E-state index in [0.717, 1.165) is 0 Å². The lowest BCUT2D eigenvalue weighted by Crippen LogP contribution is -2.64. The van der Waals surface area contributed by atoms with Crippen LogP contribution < -0.4 is 0 Å². The van der Waals surface area contributed by atoms with Crippen LogP contribution in [-0.4, -0.2) is 34.9 Å². The third kappa shape index (κ3) is 2.27. The number of aliphatic hydroxyl groups is 1. The van der Waals surface area contributed by atoms with Crippen LogP contribution in [0.15, 0.2) is 5.16 Å². The van der Waals surface area contributed by atoms with E-state index in [1.54, 1.807) is 13.8 Å². The molecule has 0 bridgehead atoms. The lowest BCUT2D eigenvalue weighted by atomic mass is 9.89. The second kappa shape index (κ2) is 4.29. The van der Waals surface area contributed by atoms with Crippen LogP contribution in [-0.2, 0) is 4.84 Å². The SMILES string of the molecule is CC(C)C1=NOC(C(O)(C(F)(F)F)C(F)(F)F)C1. The zero-order valence-corrected chi connectivity index (χ0v) is 9.43. The molecule has 0 saturated carbocycles. The minimum Gasteiger partial charge on any atom is -0.388 e. The summed E-state index contributed by atoms with van der Waals surface area (Å²) in [5, 5.41) is 12.2. The molecule has 0 radical (unpaired) electrons. The molecular formula is C9H11F6NO2. The van der Waals surface area contributed by atoms with Gasteiger partial charge in [-0.3, -0.25) is 0 Å². The Morgan fingerprint density at radius 3 is 1.89 bits per heavy atom. The number of hydrogen-bond donors (Lipinski definition) is 1. The molecule has 1 N–H and O–H groups in total. The molecule has 0 aromatic carbocycles. The van der Waals surface area contributed by atoms with E-state index in [9.17, 15) is 26.3 Å². The third-order valence-corrected chi connectivity index (χ3v) is 2.69. The summed E-state index contributed by atoms with van der Waals surface area (Å²) in [6.07, 6.45) is -15.0. The minimum atomic E-state index is -5.89. The second-order valence-electron chi connectivity index (χ2n) is 4.30. The molecule has 0 aromatic rings. The molecule has 0 amide bonds. The van der Waals surface area contributed by atoms with Gasteiger partial charge in [-0.2, -0.15) is 26.3 Å². The first-order chi connectivity index (χ1) is 7.91. The highest BCUT2D eigenvalue weighted by molar-refractivity contribution is 5.87. The van der Waals surface area contributed by atoms with Gasteiger partial charge in [-0.15, -0.1) is 0 Å². The van der Waals surface area contributed by atoms with Crippen LogP contribution in [0.1, 0.15) is 20.3 Å². The quantitative estimate of drug-likeness (QED) is 0.789. The fourth-order valence-corrected chi connectivity index (χ4v) is 1.49. The zero-order chi connectivity index (χ0) is 14.4. The fourth-order valence-electron chi connectivity index (χ4n) is 1.49. The van der Waals surface area contributed by atoms with Crippen LogP contribution in [0.5, 0.6) is 0 Å². The highest BCUT2D eigenvalue weighted by Gasteiger charge is 2.76. The fraction of sp³-hybridized carbons (Fsp3) is 0.889. The smallest absolute Gasteiger partial charge is 0.388 e. The monoisotopic (exact) mass is 279 g/mol. The molecule has 0 fully saturated rings. The van der Waals surface area contributed by atoms with Crippen molar-refractivity contribution >= 4 is 5.71 Å². The average Bonchev–Trinajstić information content (AvgIpc) is 2.61. The maximum absolute atomic E-state index is 12.5. The molecule has 0 aromatic heterocycles. The molecule has 0 aliphatic carbocycles. The van der Waals surface area contributed by atoms with Crippen molar-refractivity contribution in [1.29, 1.82) is 0 Å². The molecule has 1 heterocycles. The van der Waals surface area contributed by atoms with Crippen molar-refractivity contribution in [2.45, 2.75) is 44.3 Å². The van der Waals surface area contributed by atoms with Crippen molar-refractivity contribution in [1.82, 2.24) is 0 Å². The maximum Gasteiger partial charge on any atom is 0.430 e. The number of alkyl halides is 6. The summed E-state index contributed by atoms with van der Waals surface area (Å²) in [6, 6.07) is 0. The van der Waals surface area contributed by atoms with Crippen molar-refractivity contribution in [3.8, 4) is 0 Å². The number of rotatable bonds is 2. The summed E-state index contributed by atoms with van der Waals surface area (Å²) < 4.78 is 74.9. The van der Waals surface area contributed by atoms with Gasteiger partial charge in [0.05, 0.1) is 5.71 Å². The summed E-state index contributed by atoms with van der Waals surface area (Å²) in [4.78, 5) is 4.14. The van der Waals surface area contributed by atoms with Gasteiger partial charge in [0, 0.05) is 6.42 Å². The molecule has 3 nitrogen and oxygen atoms in total. The van der Waals surface area contributed by atoms with Crippen LogP contribution in [0.25, 0.3) is 0 Å². The van der Waals surface area contributed by atoms with Gasteiger partial charge in [0.25, 0.3) is 5.60 Å². The summed E-state index contributed by atoms with van der Waals surface area (Å²) in [6.45, 7) is 3.09. The molecule has 1 aliphatic rings. The van der Waals surface area contributed by atoms with Crippen LogP contribution >= 0.6 is 0 Å². The topological polar surface area (TPSA) is 41.8 Å². The molecule has 1 atom stereocenters. The normalized spacial score (nSPS) is 22.1. The van der Waals surface area contributed by atoms with Gasteiger partial charge in [0.1, 0.15) is 0 Å². The van der Waals surface area contributed by atoms with Crippen LogP contribution in [0.4, 0.5) is 26.3 Å². The summed E-state index contributed by atoms with van der Waals surface area (Å²) in [5.74, 6) is -0.360. The van der Waals surface area contributed by atoms with Crippen molar-refractivity contribution in [3.63, 3.8) is 0 Å². The van der Waals surface area contributed by atoms with Crippen molar-refractivity contribution in [2.24, 2.45) is 11.1 Å². The Bertz CT molecular complexity index is 332. The van der Waals surface area contributed by atoms with Gasteiger partial charge in [-0.25, -0.2) is 0 Å². The number of halogens is 6. The predicted molar refractivity (Wildman–Crippen MR) is 48.8 cm³/mol. The molecule has 0 spiro atoms. The largest absolute Gasteiger partial charge is 0.430 e. The summed E-state index contributed by atoms with van der Waals surface area (Å²) in [7, 11) is 0. The Balaban J connectivity index is 3.04. The van der Waals surface area contributed by atoms with Crippen molar-refractivity contribution < 1.29 is 36.3 Å². The first-order valence-corrected chi connectivity index (χ1v) is 4.99. The van der Waals surface area contributed by atoms with E-state index in [1.165, 1.54) is 0 Å². The molecule has 1 rings (SSSR count). The number of hydrogen-bond acceptors (Lipinski definition) is 3. The van der Waals surface area contributed by atoms with E-state index in [0.29, 0.717) is 0 Å². The Morgan fingerprint density at radius 2 is 1.61 bits per heavy atom. The standard InChI is InChI=1S/C9H11F6NO2/c1-4(2)5-3-6(18-16-5)7(17,8(10,11)12)9(13,14)15/h4,6,17H,3H2,1-2H3. The first kappa shape index (κ1) is 15.1. The van der Waals surface area contributed by atoms with Gasteiger partial charge >= 0.3 is 12.4 Å². The van der Waals surface area contributed by atoms with Crippen LogP contribution in [0.3, 0.4) is 0 Å². The zero-order valence-electron chi connectivity index (χ0n) is 9.43. The van der Waals surface area contributed by atoms with E-state index >= 15 is 0 Å². The maximum atomic E-state index is 12.5. The highest BCUT2D eigenvalue weighted by atomic mass is 19.4. The van der Waals surface area contributed by atoms with E-state index in [2.05, 4.69) is 9.99 Å². The van der Waals surface area contributed by atoms with E-state index in [4.69, 9.17) is 5.11 Å². The van der Waals surface area contributed by atoms with Gasteiger partial charge in [0.2, 0.25) is 0 Å². The predicted octanol–water partition coefficient (Wildman–Crippen LogP) is 2.64. The average molecular weight is 279 g/mol. The molecule has 1 aliphatic heterocycles. The molecule has 18 heavy (non-hydrogen) atoms. The van der Waals surface area contributed by atoms with Gasteiger partial charge < -0.3 is 9.94 Å². The third-order valence-electron chi connectivity index (χ3n) is 2.69. The number of nitrogens with zero attached hydrogens (tertiary/aromatic N) is 1. The van der Waals surface area contributed by atoms with E-state index < -0.39 is 30.5 Å². The van der Waals surface area contributed by atoms with Gasteiger partial charge in [0.15, 0.2) is 6.10 Å². The molecule has 0 saturated heterocycles. The molecule has 9 heteroatoms. The van der Waals surface area contributed by atoms with Crippen LogP contribution in [0, 0.1) is 5.92 Å². The highest BCUT2D eigenvalue weighted by Crippen LogP contribution is 2.48. The minimum absolute atomic E-state index is 0.0481. The van der Waals surface area contributed by atoms with Crippen molar-refractivity contribution in [2.75, 3.05) is 0 Å². The summed E-state index contributed by atoms with van der Waals surface area (Å²) >= 11 is 0. The Morgan fingerprint density at radius 1 is 1.17 bits per heavy atom. The van der Waals surface area contributed by atoms with E-state index in [-0.39, 0.29) is 11.6 Å². The van der Waals surface area contributed by atoms with Crippen molar-refractivity contribution in [3.05, 3.63) is 0 Å². The Kier molecular flexibility index (Phi) is 3.59. The first-order valence-electron chi connectivity index (χ1n) is 4.99. The molecule has 106 valence electrons. The van der Waals surface area contributed by atoms with E-state index in [1.807, 2.05) is 0 Å². The summed E-state index contributed by atoms with van der Waals surface area (Å²) in [5.41, 5.74) is -4.87. The van der Waals surface area contributed by atoms with Crippen LogP contribution in [0.2, 0.25) is 0 Å². The lowest BCUT2D eigenvalue weighted by molar-refractivity contribution is -0.392. The molecular weight excluding hydrogens is 268 g/mol. The van der Waals surface area contributed by atoms with Gasteiger partial charge in [-0.1, -0.05) is 19.0 Å². The Hall–Kier alpha value is -0.990. The second-order valence-corrected chi connectivity index (χ2v) is 4.30.